The van der Waals surface area contributed by atoms with E-state index in [0.717, 1.165) is 0 Å². The number of nitrogens with one attached hydrogen (secondary N) is 2. The Labute approximate surface area is 191 Å². The summed E-state index contributed by atoms with van der Waals surface area (Å²) in [7, 11) is 4.28. The van der Waals surface area contributed by atoms with Gasteiger partial charge in [0.25, 0.3) is 5.91 Å². The molecule has 2 aromatic rings. The van der Waals surface area contributed by atoms with E-state index < -0.39 is 24.5 Å². The van der Waals surface area contributed by atoms with Gasteiger partial charge in [-0.3, -0.25) is 9.59 Å². The number of ether oxygens (including phenoxy) is 4. The molecule has 0 radical (unpaired) electrons. The van der Waals surface area contributed by atoms with Crippen molar-refractivity contribution in [3.63, 3.8) is 0 Å². The smallest absolute Gasteiger partial charge is 0.387 e. The van der Waals surface area contributed by atoms with Gasteiger partial charge in [-0.2, -0.15) is 8.78 Å². The molecule has 33 heavy (non-hydrogen) atoms. The van der Waals surface area contributed by atoms with E-state index in [2.05, 4.69) is 15.4 Å². The van der Waals surface area contributed by atoms with Crippen molar-refractivity contribution in [2.45, 2.75) is 33.0 Å². The highest BCUT2D eigenvalue weighted by atomic mass is 19.3. The lowest BCUT2D eigenvalue weighted by Crippen LogP contribution is -2.49. The number of benzene rings is 2. The average Bonchev–Trinajstić information content (AvgIpc) is 2.80. The van der Waals surface area contributed by atoms with E-state index in [1.54, 1.807) is 32.0 Å². The summed E-state index contributed by atoms with van der Waals surface area (Å²) in [6.45, 7) is 0.715. The molecule has 180 valence electrons. The molecule has 2 aromatic carbocycles. The minimum atomic E-state index is -2.98. The number of carbonyl (C=O) groups is 2. The highest BCUT2D eigenvalue weighted by Gasteiger charge is 2.25. The van der Waals surface area contributed by atoms with Crippen LogP contribution < -0.4 is 29.6 Å². The SMILES string of the molecule is COc1cc(OC)cc(C(=O)N[C@H](C(=O)NCc2ccc(OC(F)F)c(OC)c2)C(C)C)c1. The van der Waals surface area contributed by atoms with E-state index in [-0.39, 0.29) is 29.5 Å². The third-order valence-electron chi connectivity index (χ3n) is 4.76. The van der Waals surface area contributed by atoms with E-state index in [1.807, 2.05) is 0 Å². The Morgan fingerprint density at radius 3 is 2.06 bits per heavy atom. The molecule has 0 aliphatic rings. The van der Waals surface area contributed by atoms with E-state index in [1.165, 1.54) is 39.5 Å². The maximum Gasteiger partial charge on any atom is 0.387 e. The fourth-order valence-corrected chi connectivity index (χ4v) is 3.01. The van der Waals surface area contributed by atoms with Crippen molar-refractivity contribution in [3.05, 3.63) is 47.5 Å². The molecule has 0 aliphatic heterocycles. The Balaban J connectivity index is 2.09. The third-order valence-corrected chi connectivity index (χ3v) is 4.76. The van der Waals surface area contributed by atoms with Crippen LogP contribution in [0.4, 0.5) is 8.78 Å². The van der Waals surface area contributed by atoms with Crippen LogP contribution in [0.15, 0.2) is 36.4 Å². The zero-order valence-electron chi connectivity index (χ0n) is 19.1. The summed E-state index contributed by atoms with van der Waals surface area (Å²) in [5.41, 5.74) is 0.886. The quantitative estimate of drug-likeness (QED) is 0.527. The van der Waals surface area contributed by atoms with Gasteiger partial charge in [-0.05, 0) is 35.7 Å². The second kappa shape index (κ2) is 11.9. The number of alkyl halides is 2. The van der Waals surface area contributed by atoms with E-state index in [4.69, 9.17) is 14.2 Å². The first-order chi connectivity index (χ1) is 15.7. The molecular formula is C23H28F2N2O6. The number of amides is 2. The zero-order valence-corrected chi connectivity index (χ0v) is 19.1. The molecule has 8 nitrogen and oxygen atoms in total. The van der Waals surface area contributed by atoms with Crippen molar-refractivity contribution in [1.82, 2.24) is 10.6 Å². The second-order valence-corrected chi connectivity index (χ2v) is 7.38. The van der Waals surface area contributed by atoms with Gasteiger partial charge in [-0.15, -0.1) is 0 Å². The maximum absolute atomic E-state index is 12.8. The summed E-state index contributed by atoms with van der Waals surface area (Å²) in [6, 6.07) is 8.26. The predicted molar refractivity (Wildman–Crippen MR) is 117 cm³/mol. The summed E-state index contributed by atoms with van der Waals surface area (Å²) < 4.78 is 44.8. The van der Waals surface area contributed by atoms with E-state index >= 15 is 0 Å². The van der Waals surface area contributed by atoms with Gasteiger partial charge in [0.05, 0.1) is 21.3 Å². The minimum Gasteiger partial charge on any atom is -0.497 e. The summed E-state index contributed by atoms with van der Waals surface area (Å²) in [5, 5.41) is 5.48. The second-order valence-electron chi connectivity index (χ2n) is 7.38. The fraction of sp³-hybridized carbons (Fsp3) is 0.391. The van der Waals surface area contributed by atoms with Crippen LogP contribution in [-0.4, -0.2) is 45.8 Å². The molecule has 1 atom stereocenters. The Hall–Kier alpha value is -3.56. The number of rotatable bonds is 11. The Morgan fingerprint density at radius 1 is 0.909 bits per heavy atom. The van der Waals surface area contributed by atoms with Crippen molar-refractivity contribution in [3.8, 4) is 23.0 Å². The van der Waals surface area contributed by atoms with Crippen molar-refractivity contribution in [1.29, 1.82) is 0 Å². The first-order valence-electron chi connectivity index (χ1n) is 10.1. The van der Waals surface area contributed by atoms with Crippen LogP contribution in [0.2, 0.25) is 0 Å². The molecule has 0 aliphatic carbocycles. The molecule has 0 fully saturated rings. The predicted octanol–water partition coefficient (Wildman–Crippen LogP) is 3.38. The van der Waals surface area contributed by atoms with Crippen LogP contribution in [0.5, 0.6) is 23.0 Å². The van der Waals surface area contributed by atoms with Crippen LogP contribution in [-0.2, 0) is 11.3 Å². The fourth-order valence-electron chi connectivity index (χ4n) is 3.01. The van der Waals surface area contributed by atoms with Crippen molar-refractivity contribution in [2.75, 3.05) is 21.3 Å². The lowest BCUT2D eigenvalue weighted by Gasteiger charge is -2.22. The van der Waals surface area contributed by atoms with Gasteiger partial charge in [0.2, 0.25) is 5.91 Å². The Kier molecular flexibility index (Phi) is 9.26. The van der Waals surface area contributed by atoms with Crippen molar-refractivity contribution >= 4 is 11.8 Å². The molecular weight excluding hydrogens is 438 g/mol. The first-order valence-corrected chi connectivity index (χ1v) is 10.1. The van der Waals surface area contributed by atoms with Crippen molar-refractivity contribution in [2.24, 2.45) is 5.92 Å². The van der Waals surface area contributed by atoms with E-state index in [9.17, 15) is 18.4 Å². The van der Waals surface area contributed by atoms with Crippen LogP contribution >= 0.6 is 0 Å². The highest BCUT2D eigenvalue weighted by Crippen LogP contribution is 2.29. The van der Waals surface area contributed by atoms with Gasteiger partial charge < -0.3 is 29.6 Å². The van der Waals surface area contributed by atoms with Crippen LogP contribution in [0.3, 0.4) is 0 Å². The van der Waals surface area contributed by atoms with Gasteiger partial charge in [-0.25, -0.2) is 0 Å². The van der Waals surface area contributed by atoms with Crippen LogP contribution in [0, 0.1) is 5.92 Å². The number of halogens is 2. The molecule has 0 bridgehead atoms. The number of hydrogen-bond acceptors (Lipinski definition) is 6. The summed E-state index contributed by atoms with van der Waals surface area (Å²) in [4.78, 5) is 25.6. The summed E-state index contributed by atoms with van der Waals surface area (Å²) >= 11 is 0. The number of methoxy groups -OCH3 is 3. The zero-order chi connectivity index (χ0) is 24.5. The van der Waals surface area contributed by atoms with Gasteiger partial charge in [-0.1, -0.05) is 19.9 Å². The monoisotopic (exact) mass is 466 g/mol. The summed E-state index contributed by atoms with van der Waals surface area (Å²) in [6.07, 6.45) is 0. The van der Waals surface area contributed by atoms with Crippen molar-refractivity contribution < 1.29 is 37.3 Å². The van der Waals surface area contributed by atoms with Gasteiger partial charge in [0, 0.05) is 18.2 Å². The maximum atomic E-state index is 12.8. The molecule has 0 spiro atoms. The number of carbonyl (C=O) groups excluding carboxylic acids is 2. The standard InChI is InChI=1S/C23H28F2N2O6/c1-13(2)20(27-21(28)15-9-16(30-3)11-17(10-15)31-4)22(29)26-12-14-6-7-18(33-23(24)25)19(8-14)32-5/h6-11,13,20,23H,12H2,1-5H3,(H,26,29)(H,27,28)/t20-/m0/s1. The van der Waals surface area contributed by atoms with Crippen LogP contribution in [0.1, 0.15) is 29.8 Å². The molecule has 10 heteroatoms. The third kappa shape index (κ3) is 7.23. The lowest BCUT2D eigenvalue weighted by atomic mass is 10.0. The lowest BCUT2D eigenvalue weighted by molar-refractivity contribution is -0.124. The highest BCUT2D eigenvalue weighted by molar-refractivity contribution is 5.98. The van der Waals surface area contributed by atoms with Gasteiger partial charge in [0.15, 0.2) is 11.5 Å². The Morgan fingerprint density at radius 2 is 1.55 bits per heavy atom. The molecule has 0 heterocycles. The largest absolute Gasteiger partial charge is 0.497 e. The Bertz CT molecular complexity index is 946. The van der Waals surface area contributed by atoms with Gasteiger partial charge >= 0.3 is 6.61 Å². The number of hydrogen-bond donors (Lipinski definition) is 2. The van der Waals surface area contributed by atoms with E-state index in [0.29, 0.717) is 17.1 Å². The molecule has 2 amide bonds. The average molecular weight is 466 g/mol. The normalized spacial score (nSPS) is 11.7. The van der Waals surface area contributed by atoms with Gasteiger partial charge in [0.1, 0.15) is 17.5 Å². The molecule has 2 N–H and O–H groups in total. The van der Waals surface area contributed by atoms with Crippen LogP contribution in [0.25, 0.3) is 0 Å². The molecule has 0 saturated heterocycles. The molecule has 0 unspecified atom stereocenters. The summed E-state index contributed by atoms with van der Waals surface area (Å²) in [5.74, 6) is -0.183. The molecule has 0 aromatic heterocycles. The molecule has 0 saturated carbocycles. The first kappa shape index (κ1) is 25.7. The minimum absolute atomic E-state index is 0.0935. The topological polar surface area (TPSA) is 95.1 Å². The molecule has 2 rings (SSSR count).